The Morgan fingerprint density at radius 2 is 2.17 bits per heavy atom. The van der Waals surface area contributed by atoms with E-state index in [2.05, 4.69) is 37.1 Å². The molecule has 0 saturated carbocycles. The van der Waals surface area contributed by atoms with Crippen LogP contribution in [-0.4, -0.2) is 75.8 Å². The molecule has 2 aromatic heterocycles. The van der Waals surface area contributed by atoms with E-state index in [4.69, 9.17) is 14.5 Å². The van der Waals surface area contributed by atoms with Crippen LogP contribution in [-0.2, 0) is 4.79 Å². The highest BCUT2D eigenvalue weighted by Gasteiger charge is 2.35. The van der Waals surface area contributed by atoms with Crippen molar-refractivity contribution < 1.29 is 14.3 Å². The van der Waals surface area contributed by atoms with Gasteiger partial charge in [-0.05, 0) is 62.6 Å². The lowest BCUT2D eigenvalue weighted by Gasteiger charge is -2.44. The summed E-state index contributed by atoms with van der Waals surface area (Å²) in [6.45, 7) is 8.43. The van der Waals surface area contributed by atoms with Crippen LogP contribution in [0, 0.1) is 18.8 Å². The number of rotatable bonds is 5. The second kappa shape index (κ2) is 11.2. The van der Waals surface area contributed by atoms with Crippen LogP contribution < -0.4 is 19.7 Å². The lowest BCUT2D eigenvalue weighted by atomic mass is 10.1. The number of ether oxygens (including phenoxy) is 2. The lowest BCUT2D eigenvalue weighted by molar-refractivity contribution is -0.126. The molecule has 3 aromatic rings. The van der Waals surface area contributed by atoms with Crippen LogP contribution in [0.3, 0.4) is 0 Å². The Balaban J connectivity index is 1.21. The molecular formula is C30H30N8O3. The molecule has 5 heterocycles. The number of allylic oxidation sites excluding steroid dienone is 1. The maximum absolute atomic E-state index is 12.3. The summed E-state index contributed by atoms with van der Waals surface area (Å²) in [6, 6.07) is 7.79. The number of hydrazone groups is 1. The van der Waals surface area contributed by atoms with Gasteiger partial charge in [-0.2, -0.15) is 5.10 Å². The average Bonchev–Trinajstić information content (AvgIpc) is 2.98. The molecule has 3 aliphatic rings. The molecule has 1 aromatic carbocycles. The number of piperazine rings is 1. The van der Waals surface area contributed by atoms with Crippen LogP contribution in [0.5, 0.6) is 11.5 Å². The quantitative estimate of drug-likeness (QED) is 0.377. The molecule has 1 atom stereocenters. The van der Waals surface area contributed by atoms with Crippen molar-refractivity contribution in [2.75, 3.05) is 43.0 Å². The maximum Gasteiger partial charge on any atom is 0.298 e. The van der Waals surface area contributed by atoms with Crippen molar-refractivity contribution in [1.82, 2.24) is 24.9 Å². The number of amides is 1. The molecule has 208 valence electrons. The van der Waals surface area contributed by atoms with E-state index in [0.29, 0.717) is 55.4 Å². The molecule has 41 heavy (non-hydrogen) atoms. The Morgan fingerprint density at radius 3 is 2.95 bits per heavy atom. The zero-order chi connectivity index (χ0) is 28.3. The zero-order valence-corrected chi connectivity index (χ0v) is 23.2. The second-order valence-corrected chi connectivity index (χ2v) is 9.81. The molecule has 0 radical (unpaired) electrons. The van der Waals surface area contributed by atoms with Gasteiger partial charge in [0.15, 0.2) is 17.4 Å². The molecule has 11 heteroatoms. The van der Waals surface area contributed by atoms with Crippen molar-refractivity contribution in [1.29, 1.82) is 0 Å². The molecule has 1 fully saturated rings. The van der Waals surface area contributed by atoms with E-state index in [9.17, 15) is 4.79 Å². The fraction of sp³-hybridized carbons (Fsp3) is 0.300. The number of hydrogen-bond acceptors (Lipinski definition) is 10. The third kappa shape index (κ3) is 5.36. The van der Waals surface area contributed by atoms with Crippen molar-refractivity contribution in [2.45, 2.75) is 26.8 Å². The first kappa shape index (κ1) is 26.1. The molecule has 3 aliphatic heterocycles. The number of carbonyl (C=O) groups excluding carboxylic acids is 1. The molecule has 1 unspecified atom stereocenters. The minimum absolute atomic E-state index is 0.00314. The standard InChI is InChI=1S/C30H30N8O3/c1-4-6-27(39)36-13-14-38-22(17-36)18-40-26-16-24-28(35-30(26)38)29(32-19-31-24)34-21-7-8-25(20(3)15-21)41-23-9-11-37(12-10-23)33-5-2/h5,7-11,15-16,19,22H,12-14,17-18H2,1-3H3,(H,31,32,34)/b33-5-. The van der Waals surface area contributed by atoms with Crippen LogP contribution in [0.1, 0.15) is 19.4 Å². The molecule has 6 rings (SSSR count). The van der Waals surface area contributed by atoms with Gasteiger partial charge in [0.05, 0.1) is 18.1 Å². The highest BCUT2D eigenvalue weighted by molar-refractivity contribution is 5.94. The minimum atomic E-state index is -0.156. The summed E-state index contributed by atoms with van der Waals surface area (Å²) >= 11 is 0. The van der Waals surface area contributed by atoms with Gasteiger partial charge in [-0.15, -0.1) is 0 Å². The van der Waals surface area contributed by atoms with Crippen LogP contribution in [0.25, 0.3) is 11.0 Å². The summed E-state index contributed by atoms with van der Waals surface area (Å²) in [5.74, 6) is 8.72. The van der Waals surface area contributed by atoms with Crippen LogP contribution in [0.4, 0.5) is 17.3 Å². The Morgan fingerprint density at radius 1 is 1.27 bits per heavy atom. The molecule has 0 bridgehead atoms. The summed E-state index contributed by atoms with van der Waals surface area (Å²) in [5.41, 5.74) is 3.14. The average molecular weight is 551 g/mol. The number of carbonyl (C=O) groups is 1. The van der Waals surface area contributed by atoms with Gasteiger partial charge in [0.2, 0.25) is 0 Å². The first-order valence-corrected chi connectivity index (χ1v) is 13.5. The van der Waals surface area contributed by atoms with Gasteiger partial charge >= 0.3 is 0 Å². The van der Waals surface area contributed by atoms with E-state index >= 15 is 0 Å². The van der Waals surface area contributed by atoms with Crippen LogP contribution in [0.2, 0.25) is 0 Å². The Labute approximate surface area is 238 Å². The number of aryl methyl sites for hydroxylation is 1. The first-order chi connectivity index (χ1) is 20.0. The van der Waals surface area contributed by atoms with Gasteiger partial charge in [0.1, 0.15) is 30.0 Å². The molecule has 0 spiro atoms. The molecule has 1 N–H and O–H groups in total. The summed E-state index contributed by atoms with van der Waals surface area (Å²) in [5, 5.41) is 9.48. The maximum atomic E-state index is 12.3. The van der Waals surface area contributed by atoms with Gasteiger partial charge in [-0.1, -0.05) is 5.92 Å². The Kier molecular flexibility index (Phi) is 7.12. The van der Waals surface area contributed by atoms with Crippen molar-refractivity contribution in [2.24, 2.45) is 5.10 Å². The van der Waals surface area contributed by atoms with Crippen molar-refractivity contribution in [3.63, 3.8) is 0 Å². The molecule has 11 nitrogen and oxygen atoms in total. The van der Waals surface area contributed by atoms with Gasteiger partial charge < -0.3 is 24.6 Å². The number of fused-ring (bicyclic) bond motifs is 4. The number of nitrogens with one attached hydrogen (secondary N) is 1. The normalized spacial score (nSPS) is 17.8. The lowest BCUT2D eigenvalue weighted by Crippen LogP contribution is -2.58. The van der Waals surface area contributed by atoms with Gasteiger partial charge in [-0.3, -0.25) is 9.80 Å². The predicted molar refractivity (Wildman–Crippen MR) is 157 cm³/mol. The third-order valence-electron chi connectivity index (χ3n) is 7.08. The second-order valence-electron chi connectivity index (χ2n) is 9.81. The number of aromatic nitrogens is 3. The highest BCUT2D eigenvalue weighted by Crippen LogP contribution is 2.37. The van der Waals surface area contributed by atoms with E-state index in [1.54, 1.807) is 18.0 Å². The zero-order valence-electron chi connectivity index (χ0n) is 23.2. The van der Waals surface area contributed by atoms with Crippen molar-refractivity contribution in [3.05, 3.63) is 60.3 Å². The van der Waals surface area contributed by atoms with E-state index in [0.717, 1.165) is 28.6 Å². The van der Waals surface area contributed by atoms with E-state index in [-0.39, 0.29) is 11.9 Å². The van der Waals surface area contributed by atoms with E-state index < -0.39 is 0 Å². The number of hydrogen-bond donors (Lipinski definition) is 1. The topological polar surface area (TPSA) is 108 Å². The Hall–Kier alpha value is -5.11. The van der Waals surface area contributed by atoms with E-state index in [1.807, 2.05) is 61.5 Å². The van der Waals surface area contributed by atoms with E-state index in [1.165, 1.54) is 6.33 Å². The van der Waals surface area contributed by atoms with Gasteiger partial charge in [0, 0.05) is 43.8 Å². The summed E-state index contributed by atoms with van der Waals surface area (Å²) in [7, 11) is 0. The van der Waals surface area contributed by atoms with Crippen molar-refractivity contribution in [3.8, 4) is 23.3 Å². The van der Waals surface area contributed by atoms with Gasteiger partial charge in [0.25, 0.3) is 5.91 Å². The number of anilines is 3. The minimum Gasteiger partial charge on any atom is -0.487 e. The number of benzene rings is 1. The Bertz CT molecular complexity index is 1650. The molecule has 0 aliphatic carbocycles. The summed E-state index contributed by atoms with van der Waals surface area (Å²) in [6.07, 6.45) is 9.04. The highest BCUT2D eigenvalue weighted by atomic mass is 16.5. The van der Waals surface area contributed by atoms with Gasteiger partial charge in [-0.25, -0.2) is 15.0 Å². The van der Waals surface area contributed by atoms with Crippen LogP contribution in [0.15, 0.2) is 59.8 Å². The predicted octanol–water partition coefficient (Wildman–Crippen LogP) is 3.61. The largest absolute Gasteiger partial charge is 0.487 e. The number of pyridine rings is 1. The molecule has 1 amide bonds. The summed E-state index contributed by atoms with van der Waals surface area (Å²) in [4.78, 5) is 30.2. The first-order valence-electron chi connectivity index (χ1n) is 13.5. The number of nitrogens with zero attached hydrogens (tertiary/aromatic N) is 7. The molecule has 1 saturated heterocycles. The molecular weight excluding hydrogens is 520 g/mol. The fourth-order valence-electron chi connectivity index (χ4n) is 5.08. The van der Waals surface area contributed by atoms with Crippen molar-refractivity contribution >= 4 is 40.5 Å². The third-order valence-corrected chi connectivity index (χ3v) is 7.08. The monoisotopic (exact) mass is 550 g/mol. The SMILES string of the molecule is CC#CC(=O)N1CCN2c3nc4c(Nc5ccc(OC6=CCN(/N=C\C)C=C6)c(C)c5)ncnc4cc3OCC2C1. The fourth-order valence-corrected chi connectivity index (χ4v) is 5.08. The smallest absolute Gasteiger partial charge is 0.298 e. The summed E-state index contributed by atoms with van der Waals surface area (Å²) < 4.78 is 12.2. The van der Waals surface area contributed by atoms with Crippen LogP contribution >= 0.6 is 0 Å².